The van der Waals surface area contributed by atoms with Crippen LogP contribution in [0, 0.1) is 27.7 Å². The Hall–Kier alpha value is -4.18. The van der Waals surface area contributed by atoms with Crippen molar-refractivity contribution in [3.63, 3.8) is 0 Å². The summed E-state index contributed by atoms with van der Waals surface area (Å²) >= 11 is 0. The van der Waals surface area contributed by atoms with E-state index >= 15 is 0 Å². The van der Waals surface area contributed by atoms with Gasteiger partial charge in [-0.25, -0.2) is 9.97 Å². The highest BCUT2D eigenvalue weighted by Gasteiger charge is 2.01. The predicted molar refractivity (Wildman–Crippen MR) is 144 cm³/mol. The van der Waals surface area contributed by atoms with Crippen LogP contribution in [0.5, 0.6) is 0 Å². The van der Waals surface area contributed by atoms with Gasteiger partial charge in [-0.1, -0.05) is 12.1 Å². The van der Waals surface area contributed by atoms with Gasteiger partial charge in [0, 0.05) is 22.1 Å². The second-order valence-electron chi connectivity index (χ2n) is 8.93. The Balaban J connectivity index is 0.000000204. The topological polar surface area (TPSA) is 57.4 Å². The van der Waals surface area contributed by atoms with E-state index in [4.69, 9.17) is 0 Å². The third kappa shape index (κ3) is 4.91. The van der Waals surface area contributed by atoms with Crippen molar-refractivity contribution in [2.75, 3.05) is 0 Å². The van der Waals surface area contributed by atoms with E-state index in [1.165, 1.54) is 22.3 Å². The minimum Gasteiger partial charge on any atom is -0.355 e. The molecule has 2 aliphatic heterocycles. The minimum absolute atomic E-state index is 0.939. The first-order valence-electron chi connectivity index (χ1n) is 11.5. The molecular formula is C30H28N4. The molecule has 8 bridgehead atoms. The number of fused-ring (bicyclic) bond motifs is 8. The van der Waals surface area contributed by atoms with Crippen molar-refractivity contribution in [2.45, 2.75) is 27.7 Å². The number of hydrogen-bond donors (Lipinski definition) is 2. The zero-order valence-electron chi connectivity index (χ0n) is 20.0. The highest BCUT2D eigenvalue weighted by atomic mass is 14.8. The molecule has 1 aromatic carbocycles. The molecule has 2 aliphatic rings. The lowest BCUT2D eigenvalue weighted by atomic mass is 10.0. The zero-order chi connectivity index (χ0) is 23.7. The van der Waals surface area contributed by atoms with Crippen molar-refractivity contribution >= 4 is 46.4 Å². The van der Waals surface area contributed by atoms with Crippen LogP contribution in [0.15, 0.2) is 60.7 Å². The van der Waals surface area contributed by atoms with Crippen LogP contribution in [0.2, 0.25) is 0 Å². The third-order valence-corrected chi connectivity index (χ3v) is 6.15. The van der Waals surface area contributed by atoms with Crippen LogP contribution in [0.3, 0.4) is 0 Å². The van der Waals surface area contributed by atoms with Crippen LogP contribution < -0.4 is 0 Å². The quantitative estimate of drug-likeness (QED) is 0.254. The van der Waals surface area contributed by atoms with E-state index in [-0.39, 0.29) is 0 Å². The average molecular weight is 445 g/mol. The second kappa shape index (κ2) is 8.99. The fraction of sp³-hybridized carbons (Fsp3) is 0.133. The number of hydrogen-bond acceptors (Lipinski definition) is 2. The SMILES string of the molecule is C1=Cc2cc3ccc(cc4nc(cc5ccc(cc1n2)[nH]5)C=C4)[nH]3.Cc1cc(C)c(C)cc1C. The number of aryl methyl sites for hydroxylation is 4. The molecule has 4 nitrogen and oxygen atoms in total. The van der Waals surface area contributed by atoms with E-state index in [1.54, 1.807) is 0 Å². The van der Waals surface area contributed by atoms with Gasteiger partial charge >= 0.3 is 0 Å². The molecule has 0 saturated heterocycles. The highest BCUT2D eigenvalue weighted by molar-refractivity contribution is 5.77. The Morgan fingerprint density at radius 2 is 0.676 bits per heavy atom. The Morgan fingerprint density at radius 1 is 0.412 bits per heavy atom. The highest BCUT2D eigenvalue weighted by Crippen LogP contribution is 2.17. The van der Waals surface area contributed by atoms with Crippen molar-refractivity contribution in [3.05, 3.63) is 106 Å². The molecule has 4 aromatic rings. The number of benzene rings is 1. The smallest absolute Gasteiger partial charge is 0.0658 e. The second-order valence-corrected chi connectivity index (χ2v) is 8.93. The summed E-state index contributed by atoms with van der Waals surface area (Å²) in [6, 6.07) is 20.8. The van der Waals surface area contributed by atoms with E-state index in [0.29, 0.717) is 0 Å². The molecule has 0 atom stereocenters. The lowest BCUT2D eigenvalue weighted by Gasteiger charge is -2.04. The summed E-state index contributed by atoms with van der Waals surface area (Å²) in [6.45, 7) is 8.62. The lowest BCUT2D eigenvalue weighted by Crippen LogP contribution is -1.86. The number of H-pyrrole nitrogens is 2. The van der Waals surface area contributed by atoms with Gasteiger partial charge < -0.3 is 9.97 Å². The molecule has 0 spiro atoms. The number of aromatic nitrogens is 4. The van der Waals surface area contributed by atoms with Crippen molar-refractivity contribution < 1.29 is 0 Å². The van der Waals surface area contributed by atoms with Crippen LogP contribution in [-0.2, 0) is 0 Å². The largest absolute Gasteiger partial charge is 0.355 e. The fourth-order valence-corrected chi connectivity index (χ4v) is 4.05. The average Bonchev–Trinajstić information content (AvgIpc) is 3.59. The summed E-state index contributed by atoms with van der Waals surface area (Å²) in [5.41, 5.74) is 13.4. The molecule has 34 heavy (non-hydrogen) atoms. The fourth-order valence-electron chi connectivity index (χ4n) is 4.05. The molecule has 0 amide bonds. The molecule has 4 heteroatoms. The first-order chi connectivity index (χ1) is 16.4. The van der Waals surface area contributed by atoms with E-state index in [2.05, 4.69) is 84.0 Å². The van der Waals surface area contributed by atoms with Gasteiger partial charge in [-0.05, 0) is 123 Å². The monoisotopic (exact) mass is 444 g/mol. The van der Waals surface area contributed by atoms with Gasteiger partial charge in [-0.2, -0.15) is 0 Å². The molecule has 168 valence electrons. The van der Waals surface area contributed by atoms with E-state index in [1.807, 2.05) is 48.6 Å². The molecule has 0 saturated carbocycles. The molecule has 3 aromatic heterocycles. The lowest BCUT2D eigenvalue weighted by molar-refractivity contribution is 1.24. The van der Waals surface area contributed by atoms with Crippen LogP contribution in [-0.4, -0.2) is 19.9 Å². The maximum atomic E-state index is 4.63. The molecule has 2 N–H and O–H groups in total. The summed E-state index contributed by atoms with van der Waals surface area (Å²) in [5.74, 6) is 0. The first kappa shape index (κ1) is 21.7. The number of rotatable bonds is 0. The number of nitrogens with one attached hydrogen (secondary N) is 2. The first-order valence-corrected chi connectivity index (χ1v) is 11.5. The molecular weight excluding hydrogens is 416 g/mol. The summed E-state index contributed by atoms with van der Waals surface area (Å²) in [5, 5.41) is 0. The van der Waals surface area contributed by atoms with E-state index < -0.39 is 0 Å². The molecule has 5 heterocycles. The molecule has 6 rings (SSSR count). The number of nitrogens with zero attached hydrogens (tertiary/aromatic N) is 2. The summed E-state index contributed by atoms with van der Waals surface area (Å²) in [7, 11) is 0. The van der Waals surface area contributed by atoms with Gasteiger partial charge in [0.15, 0.2) is 0 Å². The van der Waals surface area contributed by atoms with Gasteiger partial charge in [0.1, 0.15) is 0 Å². The Labute approximate surface area is 199 Å². The predicted octanol–water partition coefficient (Wildman–Crippen LogP) is 7.58. The molecule has 0 aliphatic carbocycles. The van der Waals surface area contributed by atoms with Crippen LogP contribution in [0.1, 0.15) is 45.0 Å². The van der Waals surface area contributed by atoms with Crippen molar-refractivity contribution in [1.29, 1.82) is 0 Å². The van der Waals surface area contributed by atoms with Crippen LogP contribution in [0.25, 0.3) is 46.4 Å². The molecule has 0 unspecified atom stereocenters. The van der Waals surface area contributed by atoms with Gasteiger partial charge in [-0.3, -0.25) is 0 Å². The van der Waals surface area contributed by atoms with Crippen molar-refractivity contribution in [1.82, 2.24) is 19.9 Å². The van der Waals surface area contributed by atoms with Gasteiger partial charge in [0.25, 0.3) is 0 Å². The molecule has 0 fully saturated rings. The summed E-state index contributed by atoms with van der Waals surface area (Å²) in [6.07, 6.45) is 8.09. The van der Waals surface area contributed by atoms with E-state index in [0.717, 1.165) is 44.8 Å². The number of aromatic amines is 2. The van der Waals surface area contributed by atoms with Crippen molar-refractivity contribution in [3.8, 4) is 0 Å². The van der Waals surface area contributed by atoms with E-state index in [9.17, 15) is 0 Å². The van der Waals surface area contributed by atoms with Gasteiger partial charge in [0.2, 0.25) is 0 Å². The Kier molecular flexibility index (Phi) is 5.72. The standard InChI is InChI=1S/C20H14N4.C10H14/c1-2-14-10-16-5-6-18(23-16)12-20-8-7-19(24-20)11-17-4-3-15(22-17)9-13(1)21-14;1-7-5-9(3)10(4)6-8(7)2/h1-12,21,24H;5-6H,1-4H3. The maximum absolute atomic E-state index is 4.63. The minimum atomic E-state index is 0.939. The third-order valence-electron chi connectivity index (χ3n) is 6.15. The normalized spacial score (nSPS) is 11.9. The van der Waals surface area contributed by atoms with Crippen LogP contribution in [0.4, 0.5) is 0 Å². The summed E-state index contributed by atoms with van der Waals surface area (Å²) in [4.78, 5) is 16.0. The summed E-state index contributed by atoms with van der Waals surface area (Å²) < 4.78 is 0. The zero-order valence-corrected chi connectivity index (χ0v) is 20.0. The Bertz CT molecular complexity index is 1370. The van der Waals surface area contributed by atoms with Gasteiger partial charge in [0.05, 0.1) is 22.8 Å². The van der Waals surface area contributed by atoms with Crippen LogP contribution >= 0.6 is 0 Å². The van der Waals surface area contributed by atoms with Gasteiger partial charge in [-0.15, -0.1) is 0 Å². The Morgan fingerprint density at radius 3 is 0.941 bits per heavy atom. The molecule has 0 radical (unpaired) electrons. The van der Waals surface area contributed by atoms with Crippen molar-refractivity contribution in [2.24, 2.45) is 0 Å². The maximum Gasteiger partial charge on any atom is 0.0658 e.